The Balaban J connectivity index is 2.04. The number of hydrogen-bond donors (Lipinski definition) is 1. The first kappa shape index (κ1) is 30.9. The molecule has 1 unspecified atom stereocenters. The highest BCUT2D eigenvalue weighted by Gasteiger charge is 2.33. The first-order valence-corrected chi connectivity index (χ1v) is 14.6. The van der Waals surface area contributed by atoms with Crippen LogP contribution in [0.1, 0.15) is 33.3 Å². The van der Waals surface area contributed by atoms with Gasteiger partial charge in [-0.25, -0.2) is 12.8 Å². The first-order valence-electron chi connectivity index (χ1n) is 12.8. The molecule has 0 saturated heterocycles. The molecule has 3 aromatic rings. The van der Waals surface area contributed by atoms with Crippen LogP contribution in [-0.2, 0) is 26.2 Å². The van der Waals surface area contributed by atoms with Crippen molar-refractivity contribution in [1.82, 2.24) is 10.2 Å². The van der Waals surface area contributed by atoms with Gasteiger partial charge in [0.15, 0.2) is 0 Å². The summed E-state index contributed by atoms with van der Waals surface area (Å²) in [4.78, 5) is 27.9. The Labute approximate surface area is 239 Å². The number of ether oxygens (including phenoxy) is 1. The fourth-order valence-electron chi connectivity index (χ4n) is 3.94. The second kappa shape index (κ2) is 13.6. The Morgan fingerprint density at radius 2 is 1.60 bits per heavy atom. The average Bonchev–Trinajstić information content (AvgIpc) is 2.91. The molecular formula is C29H33ClFN3O5S. The third-order valence-electron chi connectivity index (χ3n) is 6.01. The van der Waals surface area contributed by atoms with Crippen molar-refractivity contribution >= 4 is 39.1 Å². The number of sulfonamides is 1. The molecule has 0 aliphatic heterocycles. The Bertz CT molecular complexity index is 1420. The van der Waals surface area contributed by atoms with Crippen LogP contribution in [0.5, 0.6) is 5.75 Å². The Kier molecular flexibility index (Phi) is 10.5. The van der Waals surface area contributed by atoms with E-state index >= 15 is 0 Å². The van der Waals surface area contributed by atoms with E-state index in [1.54, 1.807) is 32.0 Å². The standard InChI is InChI=1S/C29H33ClFN3O5S/c1-5-39-25-14-12-24(13-15-25)34(40(37,38)26-16-10-23(30)11-17-26)19-28(35)33(21(4)29(36)32-20(2)3)18-22-8-6-7-9-27(22)31/h6-17,20-21H,5,18-19H2,1-4H3,(H,32,36). The molecule has 3 aromatic carbocycles. The molecule has 0 bridgehead atoms. The van der Waals surface area contributed by atoms with Crippen LogP contribution in [0.3, 0.4) is 0 Å². The molecule has 11 heteroatoms. The van der Waals surface area contributed by atoms with Gasteiger partial charge < -0.3 is 15.0 Å². The van der Waals surface area contributed by atoms with E-state index in [4.69, 9.17) is 16.3 Å². The van der Waals surface area contributed by atoms with Gasteiger partial charge in [-0.3, -0.25) is 13.9 Å². The van der Waals surface area contributed by atoms with Crippen molar-refractivity contribution in [2.24, 2.45) is 0 Å². The lowest BCUT2D eigenvalue weighted by Crippen LogP contribution is -2.52. The van der Waals surface area contributed by atoms with Gasteiger partial charge in [0.05, 0.1) is 17.2 Å². The fraction of sp³-hybridized carbons (Fsp3) is 0.310. The van der Waals surface area contributed by atoms with Gasteiger partial charge in [0.25, 0.3) is 10.0 Å². The summed E-state index contributed by atoms with van der Waals surface area (Å²) in [5.74, 6) is -1.16. The maximum Gasteiger partial charge on any atom is 0.264 e. The SMILES string of the molecule is CCOc1ccc(N(CC(=O)N(Cc2ccccc2F)C(C)C(=O)NC(C)C)S(=O)(=O)c2ccc(Cl)cc2)cc1. The summed E-state index contributed by atoms with van der Waals surface area (Å²) in [6, 6.07) is 16.5. The minimum Gasteiger partial charge on any atom is -0.494 e. The van der Waals surface area contributed by atoms with Crippen LogP contribution in [-0.4, -0.2) is 50.4 Å². The molecule has 0 aliphatic carbocycles. The minimum absolute atomic E-state index is 0.0789. The summed E-state index contributed by atoms with van der Waals surface area (Å²) in [7, 11) is -4.26. The predicted molar refractivity (Wildman–Crippen MR) is 153 cm³/mol. The molecule has 40 heavy (non-hydrogen) atoms. The van der Waals surface area contributed by atoms with Gasteiger partial charge in [0.2, 0.25) is 11.8 Å². The van der Waals surface area contributed by atoms with Crippen molar-refractivity contribution in [3.8, 4) is 5.75 Å². The van der Waals surface area contributed by atoms with Crippen molar-refractivity contribution in [1.29, 1.82) is 0 Å². The van der Waals surface area contributed by atoms with E-state index in [-0.39, 0.29) is 28.7 Å². The quantitative estimate of drug-likeness (QED) is 0.320. The summed E-state index contributed by atoms with van der Waals surface area (Å²) in [5, 5.41) is 3.11. The number of nitrogens with one attached hydrogen (secondary N) is 1. The molecule has 0 aliphatic rings. The van der Waals surface area contributed by atoms with Crippen LogP contribution in [0, 0.1) is 5.82 Å². The van der Waals surface area contributed by atoms with Crippen LogP contribution < -0.4 is 14.4 Å². The summed E-state index contributed by atoms with van der Waals surface area (Å²) in [5.41, 5.74) is 0.394. The monoisotopic (exact) mass is 589 g/mol. The molecule has 3 rings (SSSR count). The highest BCUT2D eigenvalue weighted by Crippen LogP contribution is 2.27. The molecule has 214 valence electrons. The van der Waals surface area contributed by atoms with Crippen molar-refractivity contribution in [2.75, 3.05) is 17.5 Å². The number of nitrogens with zero attached hydrogens (tertiary/aromatic N) is 2. The van der Waals surface area contributed by atoms with Gasteiger partial charge in [-0.15, -0.1) is 0 Å². The van der Waals surface area contributed by atoms with Gasteiger partial charge in [0.1, 0.15) is 24.2 Å². The smallest absolute Gasteiger partial charge is 0.264 e. The van der Waals surface area contributed by atoms with Gasteiger partial charge in [0, 0.05) is 23.2 Å². The number of carbonyl (C=O) groups excluding carboxylic acids is 2. The van der Waals surface area contributed by atoms with E-state index in [1.807, 2.05) is 6.92 Å². The van der Waals surface area contributed by atoms with Crippen LogP contribution in [0.25, 0.3) is 0 Å². The van der Waals surface area contributed by atoms with Crippen LogP contribution in [0.2, 0.25) is 5.02 Å². The Hall–Kier alpha value is -3.63. The van der Waals surface area contributed by atoms with E-state index in [0.29, 0.717) is 17.4 Å². The molecular weight excluding hydrogens is 557 g/mol. The molecule has 0 radical (unpaired) electrons. The lowest BCUT2D eigenvalue weighted by atomic mass is 10.1. The highest BCUT2D eigenvalue weighted by atomic mass is 35.5. The van der Waals surface area contributed by atoms with Crippen molar-refractivity contribution < 1.29 is 27.1 Å². The van der Waals surface area contributed by atoms with Gasteiger partial charge in [-0.2, -0.15) is 0 Å². The van der Waals surface area contributed by atoms with Gasteiger partial charge in [-0.05, 0) is 82.3 Å². The summed E-state index contributed by atoms with van der Waals surface area (Å²) in [6.07, 6.45) is 0. The Morgan fingerprint density at radius 3 is 2.17 bits per heavy atom. The number of halogens is 2. The second-order valence-corrected chi connectivity index (χ2v) is 11.6. The van der Waals surface area contributed by atoms with E-state index < -0.39 is 40.2 Å². The first-order chi connectivity index (χ1) is 18.9. The summed E-state index contributed by atoms with van der Waals surface area (Å²) < 4.78 is 48.7. The molecule has 0 heterocycles. The number of anilines is 1. The van der Waals surface area contributed by atoms with Crippen LogP contribution in [0.15, 0.2) is 77.7 Å². The van der Waals surface area contributed by atoms with Crippen molar-refractivity contribution in [2.45, 2.75) is 51.2 Å². The largest absolute Gasteiger partial charge is 0.494 e. The Morgan fingerprint density at radius 1 is 0.975 bits per heavy atom. The molecule has 1 atom stereocenters. The van der Waals surface area contributed by atoms with Gasteiger partial charge >= 0.3 is 0 Å². The van der Waals surface area contributed by atoms with Crippen LogP contribution >= 0.6 is 11.6 Å². The normalized spacial score (nSPS) is 12.1. The topological polar surface area (TPSA) is 96.0 Å². The third-order valence-corrected chi connectivity index (χ3v) is 8.05. The summed E-state index contributed by atoms with van der Waals surface area (Å²) in [6.45, 7) is 6.44. The lowest BCUT2D eigenvalue weighted by molar-refractivity contribution is -0.139. The maximum absolute atomic E-state index is 14.6. The molecule has 8 nitrogen and oxygen atoms in total. The molecule has 0 aromatic heterocycles. The van der Waals surface area contributed by atoms with Crippen molar-refractivity contribution in [3.05, 3.63) is 89.2 Å². The summed E-state index contributed by atoms with van der Waals surface area (Å²) >= 11 is 5.97. The third kappa shape index (κ3) is 7.73. The molecule has 0 fully saturated rings. The molecule has 1 N–H and O–H groups in total. The second-order valence-electron chi connectivity index (χ2n) is 9.34. The number of benzene rings is 3. The number of amides is 2. The van der Waals surface area contributed by atoms with E-state index in [0.717, 1.165) is 4.31 Å². The van der Waals surface area contributed by atoms with Gasteiger partial charge in [-0.1, -0.05) is 29.8 Å². The van der Waals surface area contributed by atoms with E-state index in [9.17, 15) is 22.4 Å². The molecule has 0 spiro atoms. The average molecular weight is 590 g/mol. The number of rotatable bonds is 12. The number of hydrogen-bond acceptors (Lipinski definition) is 5. The fourth-order valence-corrected chi connectivity index (χ4v) is 5.48. The predicted octanol–water partition coefficient (Wildman–Crippen LogP) is 5.02. The zero-order valence-electron chi connectivity index (χ0n) is 22.8. The number of carbonyl (C=O) groups is 2. The van der Waals surface area contributed by atoms with Crippen LogP contribution in [0.4, 0.5) is 10.1 Å². The zero-order chi connectivity index (χ0) is 29.4. The van der Waals surface area contributed by atoms with Crippen molar-refractivity contribution in [3.63, 3.8) is 0 Å². The zero-order valence-corrected chi connectivity index (χ0v) is 24.4. The molecule has 0 saturated carbocycles. The maximum atomic E-state index is 14.6. The van der Waals surface area contributed by atoms with E-state index in [2.05, 4.69) is 5.32 Å². The lowest BCUT2D eigenvalue weighted by Gasteiger charge is -2.32. The van der Waals surface area contributed by atoms with E-state index in [1.165, 1.54) is 66.4 Å². The minimum atomic E-state index is -4.26. The highest BCUT2D eigenvalue weighted by molar-refractivity contribution is 7.92. The molecule has 2 amide bonds.